The normalized spacial score (nSPS) is 26.2. The molecule has 1 saturated heterocycles. The van der Waals surface area contributed by atoms with Crippen molar-refractivity contribution in [3.05, 3.63) is 0 Å². The van der Waals surface area contributed by atoms with Gasteiger partial charge in [0, 0.05) is 13.1 Å². The van der Waals surface area contributed by atoms with Gasteiger partial charge in [-0.25, -0.2) is 0 Å². The van der Waals surface area contributed by atoms with Crippen LogP contribution in [-0.2, 0) is 4.79 Å². The van der Waals surface area contributed by atoms with E-state index in [9.17, 15) is 4.79 Å². The Morgan fingerprint density at radius 3 is 2.56 bits per heavy atom. The molecule has 3 heteroatoms. The summed E-state index contributed by atoms with van der Waals surface area (Å²) in [6, 6.07) is 0.105. The largest absolute Gasteiger partial charge is 0.341 e. The molecule has 1 atom stereocenters. The zero-order chi connectivity index (χ0) is 11.4. The Morgan fingerprint density at radius 1 is 1.25 bits per heavy atom. The molecule has 0 unspecified atom stereocenters. The van der Waals surface area contributed by atoms with Gasteiger partial charge in [-0.05, 0) is 45.1 Å². The summed E-state index contributed by atoms with van der Waals surface area (Å²) in [5.41, 5.74) is 0. The minimum Gasteiger partial charge on any atom is -0.341 e. The van der Waals surface area contributed by atoms with Gasteiger partial charge >= 0.3 is 0 Å². The fraction of sp³-hybridized carbons (Fsp3) is 0.923. The number of carbonyl (C=O) groups is 1. The first kappa shape index (κ1) is 11.9. The van der Waals surface area contributed by atoms with E-state index in [0.29, 0.717) is 5.91 Å². The molecule has 2 rings (SSSR count). The molecule has 3 nitrogen and oxygen atoms in total. The number of carbonyl (C=O) groups excluding carboxylic acids is 1. The second-order valence-corrected chi connectivity index (χ2v) is 5.18. The van der Waals surface area contributed by atoms with Crippen molar-refractivity contribution in [3.63, 3.8) is 0 Å². The highest BCUT2D eigenvalue weighted by Crippen LogP contribution is 2.27. The third kappa shape index (κ3) is 2.76. The van der Waals surface area contributed by atoms with E-state index in [2.05, 4.69) is 17.1 Å². The molecule has 0 spiro atoms. The molecule has 0 aromatic rings. The third-order valence-electron chi connectivity index (χ3n) is 4.01. The summed E-state index contributed by atoms with van der Waals surface area (Å²) in [7, 11) is 0. The number of hydrogen-bond acceptors (Lipinski definition) is 2. The second kappa shape index (κ2) is 5.67. The summed E-state index contributed by atoms with van der Waals surface area (Å²) in [6.07, 6.45) is 7.45. The lowest BCUT2D eigenvalue weighted by molar-refractivity contribution is -0.134. The van der Waals surface area contributed by atoms with E-state index in [1.165, 1.54) is 32.1 Å². The summed E-state index contributed by atoms with van der Waals surface area (Å²) >= 11 is 0. The SMILES string of the molecule is CCN(CC1CCC1)C(=O)[C@@H]1CCCCN1. The average Bonchev–Trinajstić information content (AvgIpc) is 2.28. The van der Waals surface area contributed by atoms with Crippen molar-refractivity contribution in [2.24, 2.45) is 5.92 Å². The van der Waals surface area contributed by atoms with E-state index in [1.807, 2.05) is 0 Å². The van der Waals surface area contributed by atoms with Gasteiger partial charge in [-0.3, -0.25) is 4.79 Å². The molecular formula is C13H24N2O. The Morgan fingerprint density at radius 2 is 2.06 bits per heavy atom. The van der Waals surface area contributed by atoms with Crippen LogP contribution < -0.4 is 5.32 Å². The molecule has 1 saturated carbocycles. The van der Waals surface area contributed by atoms with Crippen LogP contribution in [0.5, 0.6) is 0 Å². The van der Waals surface area contributed by atoms with Gasteiger partial charge in [-0.15, -0.1) is 0 Å². The predicted octanol–water partition coefficient (Wildman–Crippen LogP) is 1.78. The predicted molar refractivity (Wildman–Crippen MR) is 65.2 cm³/mol. The molecule has 1 aliphatic carbocycles. The van der Waals surface area contributed by atoms with Crippen molar-refractivity contribution < 1.29 is 4.79 Å². The number of rotatable bonds is 4. The third-order valence-corrected chi connectivity index (χ3v) is 4.01. The second-order valence-electron chi connectivity index (χ2n) is 5.18. The van der Waals surface area contributed by atoms with Crippen LogP contribution in [0, 0.1) is 5.92 Å². The first-order valence-corrected chi connectivity index (χ1v) is 6.83. The monoisotopic (exact) mass is 224 g/mol. The van der Waals surface area contributed by atoms with Crippen LogP contribution in [-0.4, -0.2) is 36.5 Å². The lowest BCUT2D eigenvalue weighted by atomic mass is 9.85. The molecule has 1 aliphatic heterocycles. The van der Waals surface area contributed by atoms with Crippen molar-refractivity contribution in [2.75, 3.05) is 19.6 Å². The average molecular weight is 224 g/mol. The maximum Gasteiger partial charge on any atom is 0.239 e. The van der Waals surface area contributed by atoms with Gasteiger partial charge in [0.25, 0.3) is 0 Å². The highest BCUT2D eigenvalue weighted by molar-refractivity contribution is 5.82. The van der Waals surface area contributed by atoms with E-state index in [1.54, 1.807) is 0 Å². The molecule has 16 heavy (non-hydrogen) atoms. The number of piperidine rings is 1. The van der Waals surface area contributed by atoms with Crippen LogP contribution in [0.15, 0.2) is 0 Å². The van der Waals surface area contributed by atoms with Crippen LogP contribution in [0.2, 0.25) is 0 Å². The maximum atomic E-state index is 12.3. The smallest absolute Gasteiger partial charge is 0.239 e. The fourth-order valence-electron chi connectivity index (χ4n) is 2.64. The van der Waals surface area contributed by atoms with Gasteiger partial charge < -0.3 is 10.2 Å². The van der Waals surface area contributed by atoms with E-state index in [-0.39, 0.29) is 6.04 Å². The molecule has 2 aliphatic rings. The van der Waals surface area contributed by atoms with Gasteiger partial charge in [0.15, 0.2) is 0 Å². The first-order chi connectivity index (χ1) is 7.81. The Balaban J connectivity index is 1.83. The van der Waals surface area contributed by atoms with E-state index >= 15 is 0 Å². The molecular weight excluding hydrogens is 200 g/mol. The van der Waals surface area contributed by atoms with Gasteiger partial charge in [0.2, 0.25) is 5.91 Å². The molecule has 1 N–H and O–H groups in total. The fourth-order valence-corrected chi connectivity index (χ4v) is 2.64. The minimum absolute atomic E-state index is 0.105. The van der Waals surface area contributed by atoms with Gasteiger partial charge in [0.1, 0.15) is 0 Å². The standard InChI is InChI=1S/C13H24N2O/c1-2-15(10-11-6-5-7-11)13(16)12-8-3-4-9-14-12/h11-12,14H,2-10H2,1H3/t12-/m0/s1. The Labute approximate surface area is 98.6 Å². The van der Waals surface area contributed by atoms with E-state index in [0.717, 1.165) is 32.0 Å². The summed E-state index contributed by atoms with van der Waals surface area (Å²) in [6.45, 7) is 4.97. The molecule has 92 valence electrons. The van der Waals surface area contributed by atoms with Crippen LogP contribution >= 0.6 is 0 Å². The van der Waals surface area contributed by atoms with Crippen molar-refractivity contribution in [3.8, 4) is 0 Å². The number of nitrogens with zero attached hydrogens (tertiary/aromatic N) is 1. The van der Waals surface area contributed by atoms with Crippen LogP contribution in [0.4, 0.5) is 0 Å². The van der Waals surface area contributed by atoms with Crippen molar-refractivity contribution in [1.82, 2.24) is 10.2 Å². The summed E-state index contributed by atoms with van der Waals surface area (Å²) in [5.74, 6) is 1.13. The van der Waals surface area contributed by atoms with Gasteiger partial charge in [0.05, 0.1) is 6.04 Å². The summed E-state index contributed by atoms with van der Waals surface area (Å²) < 4.78 is 0. The van der Waals surface area contributed by atoms with Crippen molar-refractivity contribution in [1.29, 1.82) is 0 Å². The topological polar surface area (TPSA) is 32.3 Å². The van der Waals surface area contributed by atoms with Gasteiger partial charge in [-0.2, -0.15) is 0 Å². The zero-order valence-corrected chi connectivity index (χ0v) is 10.4. The first-order valence-electron chi connectivity index (χ1n) is 6.83. The Bertz CT molecular complexity index is 232. The van der Waals surface area contributed by atoms with E-state index < -0.39 is 0 Å². The highest BCUT2D eigenvalue weighted by atomic mass is 16.2. The molecule has 1 heterocycles. The lowest BCUT2D eigenvalue weighted by Crippen LogP contribution is -2.50. The zero-order valence-electron chi connectivity index (χ0n) is 10.4. The molecule has 0 aromatic heterocycles. The summed E-state index contributed by atoms with van der Waals surface area (Å²) in [5, 5.41) is 3.35. The number of likely N-dealkylation sites (N-methyl/N-ethyl adjacent to an activating group) is 1. The number of hydrogen-bond donors (Lipinski definition) is 1. The maximum absolute atomic E-state index is 12.3. The molecule has 0 aromatic carbocycles. The van der Waals surface area contributed by atoms with E-state index in [4.69, 9.17) is 0 Å². The van der Waals surface area contributed by atoms with Crippen LogP contribution in [0.3, 0.4) is 0 Å². The quantitative estimate of drug-likeness (QED) is 0.789. The van der Waals surface area contributed by atoms with Crippen LogP contribution in [0.1, 0.15) is 45.4 Å². The molecule has 0 bridgehead atoms. The Hall–Kier alpha value is -0.570. The number of amides is 1. The molecule has 2 fully saturated rings. The molecule has 1 amide bonds. The number of nitrogens with one attached hydrogen (secondary N) is 1. The van der Waals surface area contributed by atoms with Crippen LogP contribution in [0.25, 0.3) is 0 Å². The van der Waals surface area contributed by atoms with Gasteiger partial charge in [-0.1, -0.05) is 12.8 Å². The molecule has 0 radical (unpaired) electrons. The lowest BCUT2D eigenvalue weighted by Gasteiger charge is -2.34. The summed E-state index contributed by atoms with van der Waals surface area (Å²) in [4.78, 5) is 14.3. The van der Waals surface area contributed by atoms with Crippen molar-refractivity contribution >= 4 is 5.91 Å². The Kier molecular flexibility index (Phi) is 4.22. The highest BCUT2D eigenvalue weighted by Gasteiger charge is 2.28. The van der Waals surface area contributed by atoms with Crippen molar-refractivity contribution in [2.45, 2.75) is 51.5 Å². The minimum atomic E-state index is 0.105.